The highest BCUT2D eigenvalue weighted by Crippen LogP contribution is 2.16. The third-order valence-corrected chi connectivity index (χ3v) is 3.81. The van der Waals surface area contributed by atoms with E-state index in [4.69, 9.17) is 9.84 Å². The smallest absolute Gasteiger partial charge is 0.308 e. The van der Waals surface area contributed by atoms with Crippen molar-refractivity contribution in [2.24, 2.45) is 0 Å². The van der Waals surface area contributed by atoms with Gasteiger partial charge in [0.05, 0.1) is 6.42 Å². The number of hydrogen-bond acceptors (Lipinski definition) is 4. The van der Waals surface area contributed by atoms with Gasteiger partial charge in [0.15, 0.2) is 0 Å². The molecule has 0 atom stereocenters. The van der Waals surface area contributed by atoms with Crippen molar-refractivity contribution in [3.8, 4) is 5.75 Å². The summed E-state index contributed by atoms with van der Waals surface area (Å²) >= 11 is 3.27. The van der Waals surface area contributed by atoms with E-state index in [2.05, 4.69) is 27.8 Å². The second kappa shape index (κ2) is 10.5. The first-order valence-corrected chi connectivity index (χ1v) is 8.57. The average Bonchev–Trinajstić information content (AvgIpc) is 2.56. The van der Waals surface area contributed by atoms with E-state index in [1.54, 1.807) is 12.1 Å². The number of carboxylic acid groups (broad SMARTS) is 1. The van der Waals surface area contributed by atoms with E-state index in [0.29, 0.717) is 5.75 Å². The number of halogens is 1. The number of nitrogens with zero attached hydrogens (tertiary/aromatic N) is 1. The summed E-state index contributed by atoms with van der Waals surface area (Å²) in [5.41, 5.74) is 1.95. The Bertz CT molecular complexity index is 684. The maximum atomic E-state index is 10.5. The van der Waals surface area contributed by atoms with E-state index in [0.717, 1.165) is 22.3 Å². The van der Waals surface area contributed by atoms with E-state index in [1.807, 2.05) is 43.4 Å². The molecule has 0 fully saturated rings. The summed E-state index contributed by atoms with van der Waals surface area (Å²) in [5, 5.41) is 8.58. The molecule has 0 saturated heterocycles. The molecule has 0 aliphatic carbocycles. The van der Waals surface area contributed by atoms with Crippen LogP contribution in [0.2, 0.25) is 0 Å². The highest BCUT2D eigenvalue weighted by atomic mass is 79.9. The van der Waals surface area contributed by atoms with E-state index in [9.17, 15) is 9.59 Å². The summed E-state index contributed by atoms with van der Waals surface area (Å²) in [5.74, 6) is -0.519. The van der Waals surface area contributed by atoms with Crippen LogP contribution in [0.1, 0.15) is 19.4 Å². The summed E-state index contributed by atoms with van der Waals surface area (Å²) in [6.45, 7) is 4.39. The molecule has 2 aromatic carbocycles. The molecular formula is C19H22BrNO4. The SMILES string of the molecule is CC(=O)Oc1ccc(Br)cc1.CCN(C)c1ccc(CC(=O)O)cc1. The number of carboxylic acids is 1. The highest BCUT2D eigenvalue weighted by Gasteiger charge is 2.01. The number of benzene rings is 2. The fourth-order valence-electron chi connectivity index (χ4n) is 1.89. The van der Waals surface area contributed by atoms with E-state index < -0.39 is 5.97 Å². The molecule has 0 bridgehead atoms. The number of carbonyl (C=O) groups excluding carboxylic acids is 1. The van der Waals surface area contributed by atoms with Crippen LogP contribution in [0, 0.1) is 0 Å². The highest BCUT2D eigenvalue weighted by molar-refractivity contribution is 9.10. The van der Waals surface area contributed by atoms with Crippen LogP contribution in [-0.2, 0) is 16.0 Å². The summed E-state index contributed by atoms with van der Waals surface area (Å²) in [4.78, 5) is 23.0. The summed E-state index contributed by atoms with van der Waals surface area (Å²) in [7, 11) is 2.01. The molecule has 5 nitrogen and oxygen atoms in total. The zero-order valence-electron chi connectivity index (χ0n) is 14.5. The van der Waals surface area contributed by atoms with Gasteiger partial charge in [0.25, 0.3) is 0 Å². The lowest BCUT2D eigenvalue weighted by atomic mass is 10.1. The average molecular weight is 408 g/mol. The van der Waals surface area contributed by atoms with Gasteiger partial charge in [0, 0.05) is 30.7 Å². The normalized spacial score (nSPS) is 9.60. The Balaban J connectivity index is 0.000000257. The van der Waals surface area contributed by atoms with Crippen LogP contribution < -0.4 is 9.64 Å². The van der Waals surface area contributed by atoms with Gasteiger partial charge in [-0.3, -0.25) is 9.59 Å². The molecule has 0 aliphatic rings. The molecule has 25 heavy (non-hydrogen) atoms. The largest absolute Gasteiger partial charge is 0.481 e. The van der Waals surface area contributed by atoms with Gasteiger partial charge in [-0.25, -0.2) is 0 Å². The van der Waals surface area contributed by atoms with Crippen LogP contribution in [0.15, 0.2) is 53.0 Å². The number of carbonyl (C=O) groups is 2. The van der Waals surface area contributed by atoms with E-state index >= 15 is 0 Å². The van der Waals surface area contributed by atoms with Gasteiger partial charge in [0.1, 0.15) is 5.75 Å². The second-order valence-electron chi connectivity index (χ2n) is 5.30. The molecule has 6 heteroatoms. The van der Waals surface area contributed by atoms with Crippen molar-refractivity contribution in [1.82, 2.24) is 0 Å². The van der Waals surface area contributed by atoms with Gasteiger partial charge in [-0.05, 0) is 48.9 Å². The Morgan fingerprint density at radius 3 is 2.08 bits per heavy atom. The van der Waals surface area contributed by atoms with Gasteiger partial charge in [-0.1, -0.05) is 28.1 Å². The number of anilines is 1. The lowest BCUT2D eigenvalue weighted by molar-refractivity contribution is -0.136. The molecule has 0 saturated carbocycles. The molecule has 0 aliphatic heterocycles. The standard InChI is InChI=1S/C11H15NO2.C8H7BrO2/c1-3-12(2)10-6-4-9(5-7-10)8-11(13)14;1-6(10)11-8-4-2-7(9)3-5-8/h4-7H,3,8H2,1-2H3,(H,13,14);2-5H,1H3. The minimum absolute atomic E-state index is 0.0934. The van der Waals surface area contributed by atoms with Crippen molar-refractivity contribution in [1.29, 1.82) is 0 Å². The lowest BCUT2D eigenvalue weighted by Crippen LogP contribution is -2.15. The first kappa shape index (κ1) is 20.7. The maximum Gasteiger partial charge on any atom is 0.308 e. The Labute approximate surface area is 156 Å². The molecule has 1 N–H and O–H groups in total. The first-order chi connectivity index (χ1) is 11.8. The second-order valence-corrected chi connectivity index (χ2v) is 6.21. The third kappa shape index (κ3) is 8.35. The summed E-state index contributed by atoms with van der Waals surface area (Å²) in [6.07, 6.45) is 0.0934. The van der Waals surface area contributed by atoms with Crippen molar-refractivity contribution in [3.05, 3.63) is 58.6 Å². The maximum absolute atomic E-state index is 10.5. The molecule has 0 amide bonds. The minimum Gasteiger partial charge on any atom is -0.481 e. The van der Waals surface area contributed by atoms with Crippen LogP contribution >= 0.6 is 15.9 Å². The van der Waals surface area contributed by atoms with Gasteiger partial charge in [-0.2, -0.15) is 0 Å². The lowest BCUT2D eigenvalue weighted by Gasteiger charge is -2.16. The molecule has 2 rings (SSSR count). The van der Waals surface area contributed by atoms with Crippen molar-refractivity contribution >= 4 is 33.6 Å². The van der Waals surface area contributed by atoms with Crippen molar-refractivity contribution in [3.63, 3.8) is 0 Å². The summed E-state index contributed by atoms with van der Waals surface area (Å²) in [6, 6.07) is 14.7. The number of hydrogen-bond donors (Lipinski definition) is 1. The van der Waals surface area contributed by atoms with Crippen LogP contribution in [0.4, 0.5) is 5.69 Å². The Morgan fingerprint density at radius 2 is 1.64 bits per heavy atom. The molecule has 0 unspecified atom stereocenters. The predicted octanol–water partition coefficient (Wildman–Crippen LogP) is 4.14. The van der Waals surface area contributed by atoms with E-state index in [-0.39, 0.29) is 12.4 Å². The van der Waals surface area contributed by atoms with Gasteiger partial charge >= 0.3 is 11.9 Å². The number of rotatable bonds is 5. The van der Waals surface area contributed by atoms with Crippen molar-refractivity contribution < 1.29 is 19.4 Å². The fraction of sp³-hybridized carbons (Fsp3) is 0.263. The molecule has 0 aromatic heterocycles. The molecule has 0 heterocycles. The van der Waals surface area contributed by atoms with Crippen LogP contribution in [-0.4, -0.2) is 30.6 Å². The van der Waals surface area contributed by atoms with E-state index in [1.165, 1.54) is 6.92 Å². The van der Waals surface area contributed by atoms with Crippen LogP contribution in [0.5, 0.6) is 5.75 Å². The Kier molecular flexibility index (Phi) is 8.70. The number of aliphatic carboxylic acids is 1. The monoisotopic (exact) mass is 407 g/mol. The summed E-state index contributed by atoms with van der Waals surface area (Å²) < 4.78 is 5.78. The zero-order valence-corrected chi connectivity index (χ0v) is 16.1. The zero-order chi connectivity index (χ0) is 18.8. The molecule has 0 radical (unpaired) electrons. The quantitative estimate of drug-likeness (QED) is 0.595. The minimum atomic E-state index is -0.790. The number of ether oxygens (including phenoxy) is 1. The van der Waals surface area contributed by atoms with Crippen molar-refractivity contribution in [2.75, 3.05) is 18.5 Å². The fourth-order valence-corrected chi connectivity index (χ4v) is 2.16. The molecule has 0 spiro atoms. The topological polar surface area (TPSA) is 66.8 Å². The molecule has 2 aromatic rings. The Hall–Kier alpha value is -2.34. The van der Waals surface area contributed by atoms with Gasteiger partial charge in [-0.15, -0.1) is 0 Å². The first-order valence-electron chi connectivity index (χ1n) is 7.77. The Morgan fingerprint density at radius 1 is 1.08 bits per heavy atom. The van der Waals surface area contributed by atoms with Crippen LogP contribution in [0.3, 0.4) is 0 Å². The predicted molar refractivity (Wildman–Crippen MR) is 102 cm³/mol. The molecule has 134 valence electrons. The molecular weight excluding hydrogens is 386 g/mol. The van der Waals surface area contributed by atoms with Crippen LogP contribution in [0.25, 0.3) is 0 Å². The third-order valence-electron chi connectivity index (χ3n) is 3.28. The number of esters is 1. The van der Waals surface area contributed by atoms with Crippen molar-refractivity contribution in [2.45, 2.75) is 20.3 Å². The van der Waals surface area contributed by atoms with Gasteiger partial charge < -0.3 is 14.7 Å². The van der Waals surface area contributed by atoms with Gasteiger partial charge in [0.2, 0.25) is 0 Å².